The highest BCUT2D eigenvalue weighted by molar-refractivity contribution is 5.91. The van der Waals surface area contributed by atoms with Crippen LogP contribution in [-0.2, 0) is 6.54 Å². The smallest absolute Gasteiger partial charge is 0.271 e. The molecule has 0 saturated heterocycles. The number of aromatic nitrogens is 3. The first kappa shape index (κ1) is 15.8. The maximum Gasteiger partial charge on any atom is 0.271 e. The molecule has 2 aromatic heterocycles. The molecule has 2 rings (SSSR count). The molecule has 0 aromatic carbocycles. The number of hydrogen-bond donors (Lipinski definition) is 2. The van der Waals surface area contributed by atoms with Gasteiger partial charge in [-0.15, -0.1) is 0 Å². The number of pyridine rings is 1. The van der Waals surface area contributed by atoms with Gasteiger partial charge in [-0.25, -0.2) is 9.97 Å². The van der Waals surface area contributed by atoms with E-state index in [0.717, 1.165) is 18.8 Å². The van der Waals surface area contributed by atoms with E-state index in [1.54, 1.807) is 12.4 Å². The van der Waals surface area contributed by atoms with Crippen molar-refractivity contribution in [2.75, 3.05) is 32.5 Å². The third-order valence-corrected chi connectivity index (χ3v) is 2.91. The highest BCUT2D eigenvalue weighted by Crippen LogP contribution is 2.01. The molecule has 2 N–H and O–H groups in total. The van der Waals surface area contributed by atoms with E-state index < -0.39 is 0 Å². The number of likely N-dealkylation sites (N-methyl/N-ethyl adjacent to an activating group) is 1. The molecule has 7 nitrogen and oxygen atoms in total. The number of amides is 1. The zero-order chi connectivity index (χ0) is 15.8. The summed E-state index contributed by atoms with van der Waals surface area (Å²) in [7, 11) is 4.00. The predicted octanol–water partition coefficient (Wildman–Crippen LogP) is 0.775. The Hall–Kier alpha value is -2.54. The highest BCUT2D eigenvalue weighted by Gasteiger charge is 2.08. The van der Waals surface area contributed by atoms with Gasteiger partial charge in [0.2, 0.25) is 0 Å². The molecule has 7 heteroatoms. The Balaban J connectivity index is 1.83. The van der Waals surface area contributed by atoms with E-state index in [4.69, 9.17) is 0 Å². The van der Waals surface area contributed by atoms with Crippen molar-refractivity contribution in [3.8, 4) is 0 Å². The highest BCUT2D eigenvalue weighted by atomic mass is 16.1. The van der Waals surface area contributed by atoms with Crippen molar-refractivity contribution in [1.82, 2.24) is 25.2 Å². The summed E-state index contributed by atoms with van der Waals surface area (Å²) in [5.41, 5.74) is 1.08. The van der Waals surface area contributed by atoms with Gasteiger partial charge in [0.05, 0.1) is 24.6 Å². The Morgan fingerprint density at radius 2 is 2.05 bits per heavy atom. The molecule has 0 atom stereocenters. The van der Waals surface area contributed by atoms with Crippen LogP contribution in [0.3, 0.4) is 0 Å². The Labute approximate surface area is 129 Å². The minimum Gasteiger partial charge on any atom is -0.368 e. The molecule has 0 fully saturated rings. The minimum atomic E-state index is -0.266. The van der Waals surface area contributed by atoms with Crippen molar-refractivity contribution in [2.24, 2.45) is 0 Å². The van der Waals surface area contributed by atoms with Crippen LogP contribution in [0.15, 0.2) is 36.8 Å². The second kappa shape index (κ2) is 8.04. The van der Waals surface area contributed by atoms with E-state index in [2.05, 4.69) is 30.5 Å². The van der Waals surface area contributed by atoms with E-state index in [0.29, 0.717) is 12.4 Å². The predicted molar refractivity (Wildman–Crippen MR) is 84.5 cm³/mol. The summed E-state index contributed by atoms with van der Waals surface area (Å²) >= 11 is 0. The summed E-state index contributed by atoms with van der Waals surface area (Å²) < 4.78 is 0. The number of carbonyl (C=O) groups is 1. The van der Waals surface area contributed by atoms with E-state index in [1.165, 1.54) is 6.20 Å². The van der Waals surface area contributed by atoms with Crippen molar-refractivity contribution in [3.05, 3.63) is 48.2 Å². The molecule has 0 aliphatic carbocycles. The molecule has 0 aliphatic rings. The van der Waals surface area contributed by atoms with E-state index in [9.17, 15) is 4.79 Å². The SMILES string of the molecule is CN(C)CCNc1cnc(C(=O)NCc2ccccn2)cn1. The van der Waals surface area contributed by atoms with E-state index >= 15 is 0 Å². The average Bonchev–Trinajstić information content (AvgIpc) is 2.54. The number of rotatable bonds is 7. The second-order valence-corrected chi connectivity index (χ2v) is 5.02. The first-order valence-electron chi connectivity index (χ1n) is 7.04. The zero-order valence-corrected chi connectivity index (χ0v) is 12.8. The first-order chi connectivity index (χ1) is 10.6. The Morgan fingerprint density at radius 3 is 2.68 bits per heavy atom. The Morgan fingerprint density at radius 1 is 1.18 bits per heavy atom. The van der Waals surface area contributed by atoms with Crippen LogP contribution >= 0.6 is 0 Å². The molecular formula is C15H20N6O. The van der Waals surface area contributed by atoms with Gasteiger partial charge in [0.15, 0.2) is 0 Å². The van der Waals surface area contributed by atoms with Gasteiger partial charge in [-0.2, -0.15) is 0 Å². The van der Waals surface area contributed by atoms with Crippen LogP contribution in [0.25, 0.3) is 0 Å². The molecule has 2 aromatic rings. The summed E-state index contributed by atoms with van der Waals surface area (Å²) in [6, 6.07) is 5.56. The van der Waals surface area contributed by atoms with Crippen LogP contribution in [0.5, 0.6) is 0 Å². The molecule has 0 saturated carbocycles. The molecule has 0 bridgehead atoms. The average molecular weight is 300 g/mol. The summed E-state index contributed by atoms with van der Waals surface area (Å²) in [5, 5.41) is 5.90. The minimum absolute atomic E-state index is 0.266. The van der Waals surface area contributed by atoms with Gasteiger partial charge in [0.25, 0.3) is 5.91 Å². The van der Waals surface area contributed by atoms with Crippen molar-refractivity contribution < 1.29 is 4.79 Å². The fourth-order valence-corrected chi connectivity index (χ4v) is 1.71. The number of nitrogens with one attached hydrogen (secondary N) is 2. The molecule has 0 spiro atoms. The third-order valence-electron chi connectivity index (χ3n) is 2.91. The molecule has 116 valence electrons. The second-order valence-electron chi connectivity index (χ2n) is 5.02. The van der Waals surface area contributed by atoms with Crippen LogP contribution in [-0.4, -0.2) is 52.9 Å². The maximum atomic E-state index is 12.0. The van der Waals surface area contributed by atoms with Crippen molar-refractivity contribution >= 4 is 11.7 Å². The van der Waals surface area contributed by atoms with Gasteiger partial charge in [0, 0.05) is 19.3 Å². The van der Waals surface area contributed by atoms with E-state index in [-0.39, 0.29) is 11.6 Å². The number of hydrogen-bond acceptors (Lipinski definition) is 6. The zero-order valence-electron chi connectivity index (χ0n) is 12.8. The van der Waals surface area contributed by atoms with Crippen LogP contribution in [0.2, 0.25) is 0 Å². The van der Waals surface area contributed by atoms with Gasteiger partial charge in [-0.3, -0.25) is 9.78 Å². The summed E-state index contributed by atoms with van der Waals surface area (Å²) in [4.78, 5) is 26.5. The molecule has 0 unspecified atom stereocenters. The molecule has 2 heterocycles. The van der Waals surface area contributed by atoms with E-state index in [1.807, 2.05) is 32.3 Å². The van der Waals surface area contributed by atoms with Gasteiger partial charge < -0.3 is 15.5 Å². The van der Waals surface area contributed by atoms with Crippen molar-refractivity contribution in [2.45, 2.75) is 6.54 Å². The Kier molecular flexibility index (Phi) is 5.79. The quantitative estimate of drug-likeness (QED) is 0.786. The monoisotopic (exact) mass is 300 g/mol. The molecule has 1 amide bonds. The van der Waals surface area contributed by atoms with Crippen LogP contribution in [0.4, 0.5) is 5.82 Å². The van der Waals surface area contributed by atoms with Crippen molar-refractivity contribution in [1.29, 1.82) is 0 Å². The van der Waals surface area contributed by atoms with Crippen molar-refractivity contribution in [3.63, 3.8) is 0 Å². The first-order valence-corrected chi connectivity index (χ1v) is 7.04. The lowest BCUT2D eigenvalue weighted by atomic mass is 10.3. The lowest BCUT2D eigenvalue weighted by Crippen LogP contribution is -2.25. The lowest BCUT2D eigenvalue weighted by Gasteiger charge is -2.10. The number of nitrogens with zero attached hydrogens (tertiary/aromatic N) is 4. The largest absolute Gasteiger partial charge is 0.368 e. The third kappa shape index (κ3) is 5.10. The summed E-state index contributed by atoms with van der Waals surface area (Å²) in [6.45, 7) is 2.03. The van der Waals surface area contributed by atoms with Gasteiger partial charge in [0.1, 0.15) is 11.5 Å². The number of carbonyl (C=O) groups excluding carboxylic acids is 1. The molecule has 22 heavy (non-hydrogen) atoms. The summed E-state index contributed by atoms with van der Waals surface area (Å²) in [6.07, 6.45) is 4.71. The number of anilines is 1. The molecular weight excluding hydrogens is 280 g/mol. The Bertz CT molecular complexity index is 585. The molecule has 0 aliphatic heterocycles. The summed E-state index contributed by atoms with van der Waals surface area (Å²) in [5.74, 6) is 0.390. The lowest BCUT2D eigenvalue weighted by molar-refractivity contribution is 0.0945. The standard InChI is InChI=1S/C15H20N6O/c1-21(2)8-7-17-14-11-18-13(10-19-14)15(22)20-9-12-5-3-4-6-16-12/h3-6,10-11H,7-9H2,1-2H3,(H,17,19)(H,20,22). The maximum absolute atomic E-state index is 12.0. The van der Waals surface area contributed by atoms with Gasteiger partial charge >= 0.3 is 0 Å². The van der Waals surface area contributed by atoms with Gasteiger partial charge in [-0.05, 0) is 26.2 Å². The fourth-order valence-electron chi connectivity index (χ4n) is 1.71. The molecule has 0 radical (unpaired) electrons. The van der Waals surface area contributed by atoms with Gasteiger partial charge in [-0.1, -0.05) is 6.07 Å². The van der Waals surface area contributed by atoms with Crippen LogP contribution in [0, 0.1) is 0 Å². The van der Waals surface area contributed by atoms with Crippen LogP contribution in [0.1, 0.15) is 16.2 Å². The topological polar surface area (TPSA) is 83.0 Å². The normalized spacial score (nSPS) is 10.5. The fraction of sp³-hybridized carbons (Fsp3) is 0.333. The van der Waals surface area contributed by atoms with Crippen LogP contribution < -0.4 is 10.6 Å².